The minimum absolute atomic E-state index is 0.125. The van der Waals surface area contributed by atoms with E-state index in [4.69, 9.17) is 16.7 Å². The quantitative estimate of drug-likeness (QED) is 0.436. The molecule has 1 fully saturated rings. The van der Waals surface area contributed by atoms with Crippen LogP contribution in [0.1, 0.15) is 38.5 Å². The number of benzene rings is 1. The first-order valence-electron chi connectivity index (χ1n) is 8.62. The highest BCUT2D eigenvalue weighted by atomic mass is 35.5. The van der Waals surface area contributed by atoms with E-state index >= 15 is 0 Å². The average Bonchev–Trinajstić information content (AvgIpc) is 2.90. The molecule has 3 atom stereocenters. The van der Waals surface area contributed by atoms with Gasteiger partial charge in [-0.2, -0.15) is 0 Å². The Morgan fingerprint density at radius 1 is 1.23 bits per heavy atom. The number of allylic oxidation sites excluding steroid dienone is 2. The van der Waals surface area contributed by atoms with Crippen LogP contribution in [0.2, 0.25) is 5.02 Å². The van der Waals surface area contributed by atoms with Gasteiger partial charge in [0.05, 0.1) is 11.0 Å². The van der Waals surface area contributed by atoms with Crippen LogP contribution in [0.3, 0.4) is 0 Å². The third-order valence-electron chi connectivity index (χ3n) is 4.55. The zero-order valence-electron chi connectivity index (χ0n) is 14.3. The van der Waals surface area contributed by atoms with E-state index in [0.29, 0.717) is 37.1 Å². The van der Waals surface area contributed by atoms with Crippen molar-refractivity contribution in [2.45, 2.75) is 55.6 Å². The van der Waals surface area contributed by atoms with Crippen molar-refractivity contribution in [3.63, 3.8) is 0 Å². The predicted molar refractivity (Wildman–Crippen MR) is 99.5 cm³/mol. The number of nitrogens with one attached hydrogen (secondary N) is 1. The lowest BCUT2D eigenvalue weighted by molar-refractivity contribution is -0.137. The van der Waals surface area contributed by atoms with Gasteiger partial charge in [0.25, 0.3) is 0 Å². The summed E-state index contributed by atoms with van der Waals surface area (Å²) in [5.74, 6) is -1.02. The fourth-order valence-corrected chi connectivity index (χ4v) is 4.59. The zero-order valence-corrected chi connectivity index (χ0v) is 15.9. The van der Waals surface area contributed by atoms with E-state index in [-0.39, 0.29) is 23.3 Å². The molecule has 26 heavy (non-hydrogen) atoms. The zero-order chi connectivity index (χ0) is 19.2. The summed E-state index contributed by atoms with van der Waals surface area (Å²) in [4.78, 5) is 10.6. The fraction of sp³-hybridized carbons (Fsp3) is 0.500. The van der Waals surface area contributed by atoms with E-state index in [1.54, 1.807) is 0 Å². The normalized spacial score (nSPS) is 23.5. The molecule has 0 aromatic heterocycles. The van der Waals surface area contributed by atoms with E-state index in [1.165, 1.54) is 24.3 Å². The number of aliphatic hydroxyl groups excluding tert-OH is 1. The van der Waals surface area contributed by atoms with Crippen molar-refractivity contribution < 1.29 is 23.4 Å². The maximum Gasteiger partial charge on any atom is 0.303 e. The molecule has 1 saturated carbocycles. The number of hydrogen-bond donors (Lipinski definition) is 3. The smallest absolute Gasteiger partial charge is 0.303 e. The molecule has 8 heteroatoms. The van der Waals surface area contributed by atoms with Crippen molar-refractivity contribution in [3.8, 4) is 0 Å². The molecule has 0 bridgehead atoms. The molecular formula is C18H24ClNO5S. The maximum atomic E-state index is 12.5. The molecule has 1 aromatic rings. The molecule has 0 amide bonds. The lowest BCUT2D eigenvalue weighted by atomic mass is 9.98. The Balaban J connectivity index is 1.94. The summed E-state index contributed by atoms with van der Waals surface area (Å²) in [5, 5.41) is 19.2. The predicted octanol–water partition coefficient (Wildman–Crippen LogP) is 2.96. The minimum atomic E-state index is -3.67. The van der Waals surface area contributed by atoms with E-state index in [1.807, 2.05) is 12.2 Å². The maximum absolute atomic E-state index is 12.5. The number of carboxylic acids is 1. The van der Waals surface area contributed by atoms with Crippen molar-refractivity contribution in [1.29, 1.82) is 0 Å². The van der Waals surface area contributed by atoms with Gasteiger partial charge in [-0.15, -0.1) is 0 Å². The van der Waals surface area contributed by atoms with Crippen LogP contribution in [-0.2, 0) is 14.8 Å². The van der Waals surface area contributed by atoms with Gasteiger partial charge in [-0.3, -0.25) is 4.79 Å². The van der Waals surface area contributed by atoms with Crippen molar-refractivity contribution in [2.24, 2.45) is 5.92 Å². The van der Waals surface area contributed by atoms with Crippen LogP contribution >= 0.6 is 11.6 Å². The summed E-state index contributed by atoms with van der Waals surface area (Å²) in [7, 11) is -3.67. The molecule has 1 aliphatic carbocycles. The van der Waals surface area contributed by atoms with Crippen LogP contribution in [0.4, 0.5) is 0 Å². The topological polar surface area (TPSA) is 104 Å². The first-order chi connectivity index (χ1) is 12.3. The number of aliphatic hydroxyl groups is 1. The van der Waals surface area contributed by atoms with Crippen molar-refractivity contribution >= 4 is 27.6 Å². The largest absolute Gasteiger partial charge is 0.481 e. The molecule has 0 radical (unpaired) electrons. The molecule has 3 N–H and O–H groups in total. The Labute approximate surface area is 158 Å². The lowest BCUT2D eigenvalue weighted by Crippen LogP contribution is -2.39. The number of hydrogen-bond acceptors (Lipinski definition) is 4. The lowest BCUT2D eigenvalue weighted by Gasteiger charge is -2.22. The summed E-state index contributed by atoms with van der Waals surface area (Å²) >= 11 is 5.80. The Hall–Kier alpha value is -1.41. The molecule has 0 spiro atoms. The van der Waals surface area contributed by atoms with Crippen molar-refractivity contribution in [3.05, 3.63) is 41.4 Å². The summed E-state index contributed by atoms with van der Waals surface area (Å²) < 4.78 is 27.7. The van der Waals surface area contributed by atoms with Gasteiger partial charge in [0, 0.05) is 23.4 Å². The fourth-order valence-electron chi connectivity index (χ4n) is 3.14. The average molecular weight is 402 g/mol. The standard InChI is InChI=1S/C18H24ClNO5S/c19-13-7-9-14(10-8-13)26(24,25)20-16-11-12-17(21)15(16)5-3-1-2-4-6-18(22)23/h1,3,7-10,15-17,20-21H,2,4-6,11-12H2,(H,22,23)/b3-1-/t15-,16+,17+/m1/s1. The van der Waals surface area contributed by atoms with E-state index in [9.17, 15) is 18.3 Å². The Bertz CT molecular complexity index is 732. The van der Waals surface area contributed by atoms with Gasteiger partial charge in [-0.25, -0.2) is 13.1 Å². The van der Waals surface area contributed by atoms with Crippen molar-refractivity contribution in [2.75, 3.05) is 0 Å². The third-order valence-corrected chi connectivity index (χ3v) is 6.31. The highest BCUT2D eigenvalue weighted by Gasteiger charge is 2.36. The molecule has 0 saturated heterocycles. The molecule has 1 aromatic carbocycles. The van der Waals surface area contributed by atoms with E-state index in [0.717, 1.165) is 0 Å². The Kier molecular flexibility index (Phi) is 7.64. The van der Waals surface area contributed by atoms with Crippen LogP contribution in [0.15, 0.2) is 41.3 Å². The summed E-state index contributed by atoms with van der Waals surface area (Å²) in [6.45, 7) is 0. The summed E-state index contributed by atoms with van der Waals surface area (Å²) in [6, 6.07) is 5.61. The minimum Gasteiger partial charge on any atom is -0.481 e. The highest BCUT2D eigenvalue weighted by molar-refractivity contribution is 7.89. The van der Waals surface area contributed by atoms with Gasteiger partial charge < -0.3 is 10.2 Å². The van der Waals surface area contributed by atoms with Gasteiger partial charge >= 0.3 is 5.97 Å². The van der Waals surface area contributed by atoms with Gasteiger partial charge in [-0.1, -0.05) is 23.8 Å². The molecule has 6 nitrogen and oxygen atoms in total. The van der Waals surface area contributed by atoms with Crippen LogP contribution < -0.4 is 4.72 Å². The molecule has 0 aliphatic heterocycles. The second-order valence-electron chi connectivity index (χ2n) is 6.48. The monoisotopic (exact) mass is 401 g/mol. The number of halogens is 1. The number of aliphatic carboxylic acids is 1. The van der Waals surface area contributed by atoms with Gasteiger partial charge in [-0.05, 0) is 56.4 Å². The molecule has 144 valence electrons. The van der Waals surface area contributed by atoms with Crippen molar-refractivity contribution in [1.82, 2.24) is 4.72 Å². The molecule has 0 unspecified atom stereocenters. The van der Waals surface area contributed by atoms with Crippen LogP contribution in [0, 0.1) is 5.92 Å². The number of rotatable bonds is 9. The molecule has 1 aliphatic rings. The van der Waals surface area contributed by atoms with Crippen LogP contribution in [-0.4, -0.2) is 36.7 Å². The second-order valence-corrected chi connectivity index (χ2v) is 8.63. The van der Waals surface area contributed by atoms with E-state index in [2.05, 4.69) is 4.72 Å². The number of carboxylic acid groups (broad SMARTS) is 1. The number of sulfonamides is 1. The number of carbonyl (C=O) groups is 1. The van der Waals surface area contributed by atoms with Crippen LogP contribution in [0.25, 0.3) is 0 Å². The molecular weight excluding hydrogens is 378 g/mol. The van der Waals surface area contributed by atoms with Gasteiger partial charge in [0.2, 0.25) is 10.0 Å². The summed E-state index contributed by atoms with van der Waals surface area (Å²) in [6.07, 6.45) is 6.22. The first kappa shape index (κ1) is 20.9. The molecule has 2 rings (SSSR count). The summed E-state index contributed by atoms with van der Waals surface area (Å²) in [5.41, 5.74) is 0. The van der Waals surface area contributed by atoms with E-state index < -0.39 is 22.1 Å². The Morgan fingerprint density at radius 3 is 2.58 bits per heavy atom. The van der Waals surface area contributed by atoms with Crippen LogP contribution in [0.5, 0.6) is 0 Å². The third kappa shape index (κ3) is 6.09. The first-order valence-corrected chi connectivity index (χ1v) is 10.5. The highest BCUT2D eigenvalue weighted by Crippen LogP contribution is 2.30. The Morgan fingerprint density at radius 2 is 1.92 bits per heavy atom. The SMILES string of the molecule is O=C(O)CCC/C=C\C[C@@H]1[C@@H](NS(=O)(=O)c2ccc(Cl)cc2)CC[C@@H]1O. The second kappa shape index (κ2) is 9.50. The van der Waals surface area contributed by atoms with Gasteiger partial charge in [0.1, 0.15) is 0 Å². The van der Waals surface area contributed by atoms with Gasteiger partial charge in [0.15, 0.2) is 0 Å². The molecule has 0 heterocycles. The number of unbranched alkanes of at least 4 members (excludes halogenated alkanes) is 1.